The van der Waals surface area contributed by atoms with Crippen molar-refractivity contribution in [3.8, 4) is 40.2 Å². The Morgan fingerprint density at radius 2 is 0.957 bits per heavy atom. The molecule has 0 fully saturated rings. The molecule has 4 aromatic carbocycles. The molecule has 0 N–H and O–H groups in total. The van der Waals surface area contributed by atoms with Crippen molar-refractivity contribution < 1.29 is 28.4 Å². The Morgan fingerprint density at radius 3 is 1.45 bits per heavy atom. The molecule has 0 aliphatic carbocycles. The molecule has 0 radical (unpaired) electrons. The minimum absolute atomic E-state index is 0.197. The highest BCUT2D eigenvalue weighted by molar-refractivity contribution is 5.52. The molecule has 8 nitrogen and oxygen atoms in total. The maximum atomic E-state index is 6.46. The molecule has 2 aliphatic heterocycles. The van der Waals surface area contributed by atoms with Gasteiger partial charge in [0, 0.05) is 25.2 Å². The molecule has 6 rings (SSSR count). The number of rotatable bonds is 11. The molecular weight excluding hydrogens is 592 g/mol. The largest absolute Gasteiger partial charge is 0.493 e. The molecule has 0 spiro atoms. The molecule has 0 saturated carbocycles. The second kappa shape index (κ2) is 14.2. The lowest BCUT2D eigenvalue weighted by molar-refractivity contribution is 0.227. The fraction of sp³-hybridized carbons (Fsp3) is 0.385. The quantitative estimate of drug-likeness (QED) is 0.173. The van der Waals surface area contributed by atoms with Gasteiger partial charge in [0.15, 0.2) is 34.5 Å². The zero-order valence-electron chi connectivity index (χ0n) is 28.6. The van der Waals surface area contributed by atoms with Gasteiger partial charge in [-0.25, -0.2) is 0 Å². The summed E-state index contributed by atoms with van der Waals surface area (Å²) < 4.78 is 34.6. The van der Waals surface area contributed by atoms with Crippen molar-refractivity contribution >= 4 is 0 Å². The van der Waals surface area contributed by atoms with Crippen LogP contribution >= 0.6 is 0 Å². The average Bonchev–Trinajstić information content (AvgIpc) is 3.10. The van der Waals surface area contributed by atoms with Crippen molar-refractivity contribution in [3.05, 3.63) is 100 Å². The topological polar surface area (TPSA) is 61.9 Å². The van der Waals surface area contributed by atoms with Gasteiger partial charge in [-0.3, -0.25) is 9.80 Å². The molecule has 2 heterocycles. The van der Waals surface area contributed by atoms with E-state index in [0.29, 0.717) is 11.5 Å². The Balaban J connectivity index is 1.20. The molecule has 0 aromatic heterocycles. The van der Waals surface area contributed by atoms with E-state index in [2.05, 4.69) is 72.4 Å². The number of hydrogen-bond acceptors (Lipinski definition) is 8. The van der Waals surface area contributed by atoms with Gasteiger partial charge in [0.1, 0.15) is 5.75 Å². The van der Waals surface area contributed by atoms with Crippen LogP contribution in [-0.4, -0.2) is 72.5 Å². The van der Waals surface area contributed by atoms with Crippen LogP contribution in [0.15, 0.2) is 66.7 Å². The third-order valence-corrected chi connectivity index (χ3v) is 9.78. The first kappa shape index (κ1) is 32.5. The lowest BCUT2D eigenvalue weighted by Gasteiger charge is -2.35. The summed E-state index contributed by atoms with van der Waals surface area (Å²) in [5, 5.41) is 0. The highest BCUT2D eigenvalue weighted by Gasteiger charge is 2.29. The molecular formula is C39H46N2O6. The van der Waals surface area contributed by atoms with E-state index < -0.39 is 0 Å². The van der Waals surface area contributed by atoms with Gasteiger partial charge in [0.25, 0.3) is 0 Å². The zero-order valence-corrected chi connectivity index (χ0v) is 28.6. The van der Waals surface area contributed by atoms with E-state index in [-0.39, 0.29) is 12.1 Å². The van der Waals surface area contributed by atoms with Crippen LogP contribution in [0.2, 0.25) is 0 Å². The van der Waals surface area contributed by atoms with Gasteiger partial charge < -0.3 is 28.4 Å². The van der Waals surface area contributed by atoms with Crippen molar-refractivity contribution in [1.82, 2.24) is 9.80 Å². The van der Waals surface area contributed by atoms with Crippen LogP contribution in [0.25, 0.3) is 0 Å². The smallest absolute Gasteiger partial charge is 0.169 e. The number of benzene rings is 4. The van der Waals surface area contributed by atoms with Crippen LogP contribution in [-0.2, 0) is 25.7 Å². The van der Waals surface area contributed by atoms with E-state index >= 15 is 0 Å². The zero-order chi connectivity index (χ0) is 33.1. The van der Waals surface area contributed by atoms with Gasteiger partial charge in [-0.15, -0.1) is 0 Å². The molecule has 0 saturated heterocycles. The lowest BCUT2D eigenvalue weighted by Crippen LogP contribution is -2.33. The standard InChI is InChI=1S/C39H46N2O6/c1-40-16-14-27-21-35(43-4)37(45-6)23-30(27)32(40)18-25-8-11-29(12-9-25)47-39-20-26(10-13-34(39)42-3)19-33-31-24-38(46-7)36(44-5)22-28(31)15-17-41(33)2/h8-13,20-24,32-33H,14-19H2,1-7H3/t32-,33?/m1/s1. The van der Waals surface area contributed by atoms with Gasteiger partial charge in [0.2, 0.25) is 0 Å². The molecule has 0 bridgehead atoms. The molecule has 4 aromatic rings. The lowest BCUT2D eigenvalue weighted by atomic mass is 9.88. The van der Waals surface area contributed by atoms with Crippen molar-refractivity contribution in [3.63, 3.8) is 0 Å². The fourth-order valence-electron chi connectivity index (χ4n) is 7.03. The number of nitrogens with zero attached hydrogens (tertiary/aromatic N) is 2. The van der Waals surface area contributed by atoms with E-state index in [0.717, 1.165) is 67.5 Å². The molecule has 248 valence electrons. The summed E-state index contributed by atoms with van der Waals surface area (Å²) in [5.74, 6) is 5.25. The van der Waals surface area contributed by atoms with Crippen molar-refractivity contribution in [2.45, 2.75) is 37.8 Å². The summed E-state index contributed by atoms with van der Waals surface area (Å²) in [5.41, 5.74) is 7.60. The first-order valence-electron chi connectivity index (χ1n) is 16.2. The third-order valence-electron chi connectivity index (χ3n) is 9.78. The molecule has 8 heteroatoms. The number of methoxy groups -OCH3 is 5. The van der Waals surface area contributed by atoms with E-state index in [1.807, 2.05) is 18.2 Å². The molecule has 1 unspecified atom stereocenters. The molecule has 2 aliphatic rings. The van der Waals surface area contributed by atoms with E-state index in [1.165, 1.54) is 33.4 Å². The van der Waals surface area contributed by atoms with Crippen molar-refractivity contribution in [2.24, 2.45) is 0 Å². The predicted molar refractivity (Wildman–Crippen MR) is 184 cm³/mol. The summed E-state index contributed by atoms with van der Waals surface area (Å²) in [4.78, 5) is 4.83. The second-order valence-electron chi connectivity index (χ2n) is 12.4. The Labute approximate surface area is 278 Å². The van der Waals surface area contributed by atoms with Crippen molar-refractivity contribution in [1.29, 1.82) is 0 Å². The summed E-state index contributed by atoms with van der Waals surface area (Å²) in [7, 11) is 12.8. The summed E-state index contributed by atoms with van der Waals surface area (Å²) >= 11 is 0. The molecule has 47 heavy (non-hydrogen) atoms. The first-order chi connectivity index (χ1) is 22.8. The summed E-state index contributed by atoms with van der Waals surface area (Å²) in [6.07, 6.45) is 3.67. The van der Waals surface area contributed by atoms with Gasteiger partial charge in [0.05, 0.1) is 35.5 Å². The highest BCUT2D eigenvalue weighted by Crippen LogP contribution is 2.41. The summed E-state index contributed by atoms with van der Waals surface area (Å²) in [6.45, 7) is 1.97. The van der Waals surface area contributed by atoms with Crippen molar-refractivity contribution in [2.75, 3.05) is 62.7 Å². The Kier molecular flexibility index (Phi) is 9.80. The van der Waals surface area contributed by atoms with E-state index in [9.17, 15) is 0 Å². The maximum Gasteiger partial charge on any atom is 0.169 e. The van der Waals surface area contributed by atoms with Crippen LogP contribution in [0.3, 0.4) is 0 Å². The van der Waals surface area contributed by atoms with Crippen LogP contribution in [0.4, 0.5) is 0 Å². The maximum absolute atomic E-state index is 6.46. The average molecular weight is 639 g/mol. The monoisotopic (exact) mass is 638 g/mol. The number of fused-ring (bicyclic) bond motifs is 2. The van der Waals surface area contributed by atoms with Gasteiger partial charge in [-0.05, 0) is 122 Å². The van der Waals surface area contributed by atoms with Crippen LogP contribution in [0.5, 0.6) is 40.2 Å². The SMILES string of the molecule is COc1cc2c(cc1OC)C(Cc1ccc(OC)c(Oc3ccc(C[C@@H]4c5cc(OC)c(OC)cc5CCN4C)cc3)c1)N(C)CC2. The van der Waals surface area contributed by atoms with Gasteiger partial charge in [-0.2, -0.15) is 0 Å². The normalized spacial score (nSPS) is 17.8. The Morgan fingerprint density at radius 1 is 0.511 bits per heavy atom. The second-order valence-corrected chi connectivity index (χ2v) is 12.4. The number of hydrogen-bond donors (Lipinski definition) is 0. The minimum atomic E-state index is 0.197. The van der Waals surface area contributed by atoms with Gasteiger partial charge >= 0.3 is 0 Å². The van der Waals surface area contributed by atoms with Gasteiger partial charge in [-0.1, -0.05) is 18.2 Å². The highest BCUT2D eigenvalue weighted by atomic mass is 16.5. The third kappa shape index (κ3) is 6.71. The van der Waals surface area contributed by atoms with Crippen LogP contribution in [0, 0.1) is 0 Å². The Hall–Kier alpha value is -4.40. The predicted octanol–water partition coefficient (Wildman–Crippen LogP) is 7.07. The van der Waals surface area contributed by atoms with Crippen LogP contribution in [0.1, 0.15) is 45.5 Å². The molecule has 0 amide bonds. The minimum Gasteiger partial charge on any atom is -0.493 e. The summed E-state index contributed by atoms with van der Waals surface area (Å²) in [6, 6.07) is 23.6. The van der Waals surface area contributed by atoms with Crippen LogP contribution < -0.4 is 28.4 Å². The first-order valence-corrected chi connectivity index (χ1v) is 16.2. The number of ether oxygens (including phenoxy) is 6. The number of likely N-dealkylation sites (N-methyl/N-ethyl adjacent to an activating group) is 2. The molecule has 2 atom stereocenters. The van der Waals surface area contributed by atoms with E-state index in [1.54, 1.807) is 35.5 Å². The van der Waals surface area contributed by atoms with E-state index in [4.69, 9.17) is 28.4 Å². The Bertz CT molecular complexity index is 1710. The fourth-order valence-corrected chi connectivity index (χ4v) is 7.03.